The molecule has 13 heavy (non-hydrogen) atoms. The number of thioether (sulfide) groups is 1. The fourth-order valence-corrected chi connectivity index (χ4v) is 2.35. The average Bonchev–Trinajstić information content (AvgIpc) is 2.94. The van der Waals surface area contributed by atoms with E-state index < -0.39 is 0 Å². The van der Waals surface area contributed by atoms with Crippen molar-refractivity contribution in [3.63, 3.8) is 0 Å². The van der Waals surface area contributed by atoms with E-state index in [1.165, 1.54) is 31.4 Å². The quantitative estimate of drug-likeness (QED) is 0.588. The van der Waals surface area contributed by atoms with Gasteiger partial charge in [0.05, 0.1) is 6.61 Å². The van der Waals surface area contributed by atoms with E-state index in [9.17, 15) is 0 Å². The lowest BCUT2D eigenvalue weighted by molar-refractivity contribution is 0.253. The van der Waals surface area contributed by atoms with Crippen LogP contribution in [0, 0.1) is 0 Å². The monoisotopic (exact) mass is 203 g/mol. The highest BCUT2D eigenvalue weighted by molar-refractivity contribution is 7.99. The van der Waals surface area contributed by atoms with Crippen LogP contribution in [0.1, 0.15) is 32.6 Å². The Balaban J connectivity index is 1.94. The molecule has 1 fully saturated rings. The van der Waals surface area contributed by atoms with E-state index in [0.717, 1.165) is 5.75 Å². The van der Waals surface area contributed by atoms with Crippen molar-refractivity contribution in [3.8, 4) is 0 Å². The fraction of sp³-hybridized carbons (Fsp3) is 1.00. The van der Waals surface area contributed by atoms with Crippen LogP contribution in [0.25, 0.3) is 0 Å². The Morgan fingerprint density at radius 2 is 2.31 bits per heavy atom. The zero-order chi connectivity index (χ0) is 9.52. The van der Waals surface area contributed by atoms with E-state index >= 15 is 0 Å². The van der Waals surface area contributed by atoms with E-state index in [2.05, 4.69) is 12.2 Å². The van der Waals surface area contributed by atoms with Gasteiger partial charge in [0, 0.05) is 17.8 Å². The van der Waals surface area contributed by atoms with Gasteiger partial charge >= 0.3 is 0 Å². The molecule has 78 valence electrons. The van der Waals surface area contributed by atoms with Crippen LogP contribution in [0.3, 0.4) is 0 Å². The van der Waals surface area contributed by atoms with Gasteiger partial charge in [-0.2, -0.15) is 11.8 Å². The Morgan fingerprint density at radius 3 is 2.85 bits per heavy atom. The summed E-state index contributed by atoms with van der Waals surface area (Å²) in [7, 11) is 0. The average molecular weight is 203 g/mol. The Labute approximate surface area is 85.5 Å². The lowest BCUT2D eigenvalue weighted by atomic mass is 10.3. The fourth-order valence-electron chi connectivity index (χ4n) is 1.21. The lowest BCUT2D eigenvalue weighted by Crippen LogP contribution is -2.36. The molecule has 0 aliphatic heterocycles. The minimum Gasteiger partial charge on any atom is -0.395 e. The van der Waals surface area contributed by atoms with E-state index in [1.54, 1.807) is 0 Å². The first-order valence-corrected chi connectivity index (χ1v) is 6.47. The Kier molecular flexibility index (Phi) is 5.83. The number of rotatable bonds is 8. The maximum absolute atomic E-state index is 9.08. The van der Waals surface area contributed by atoms with Gasteiger partial charge in [0.15, 0.2) is 0 Å². The summed E-state index contributed by atoms with van der Waals surface area (Å²) in [6.45, 7) is 2.50. The first-order chi connectivity index (χ1) is 6.36. The van der Waals surface area contributed by atoms with Crippen LogP contribution < -0.4 is 5.32 Å². The van der Waals surface area contributed by atoms with Crippen LogP contribution in [0.5, 0.6) is 0 Å². The number of aliphatic hydroxyl groups excluding tert-OH is 1. The molecule has 1 unspecified atom stereocenters. The van der Waals surface area contributed by atoms with Crippen LogP contribution in [0.4, 0.5) is 0 Å². The van der Waals surface area contributed by atoms with Crippen molar-refractivity contribution in [1.29, 1.82) is 0 Å². The highest BCUT2D eigenvalue weighted by Gasteiger charge is 2.23. The summed E-state index contributed by atoms with van der Waals surface area (Å²) >= 11 is 1.96. The van der Waals surface area contributed by atoms with Crippen molar-refractivity contribution in [3.05, 3.63) is 0 Å². The van der Waals surface area contributed by atoms with Crippen molar-refractivity contribution in [2.45, 2.75) is 44.7 Å². The van der Waals surface area contributed by atoms with Gasteiger partial charge < -0.3 is 10.4 Å². The molecule has 0 heterocycles. The highest BCUT2D eigenvalue weighted by Crippen LogP contribution is 2.20. The zero-order valence-electron chi connectivity index (χ0n) is 8.46. The third kappa shape index (κ3) is 5.55. The molecule has 0 saturated heterocycles. The second kappa shape index (κ2) is 6.68. The van der Waals surface area contributed by atoms with Gasteiger partial charge in [0.1, 0.15) is 0 Å². The molecule has 1 atom stereocenters. The molecule has 1 aliphatic carbocycles. The standard InChI is InChI=1S/C10H21NOS/c1-2-3-6-13-8-10(7-12)11-9-4-5-9/h9-12H,2-8H2,1H3. The van der Waals surface area contributed by atoms with Crippen LogP contribution in [-0.4, -0.2) is 35.3 Å². The van der Waals surface area contributed by atoms with Gasteiger partial charge in [0.25, 0.3) is 0 Å². The predicted molar refractivity (Wildman–Crippen MR) is 59.3 cm³/mol. The molecule has 0 aromatic heterocycles. The molecule has 0 aromatic rings. The second-order valence-electron chi connectivity index (χ2n) is 3.75. The van der Waals surface area contributed by atoms with Gasteiger partial charge in [-0.05, 0) is 25.0 Å². The predicted octanol–water partition coefficient (Wildman–Crippen LogP) is 1.63. The summed E-state index contributed by atoms with van der Waals surface area (Å²) in [4.78, 5) is 0. The molecule has 0 spiro atoms. The molecule has 1 aliphatic rings. The topological polar surface area (TPSA) is 32.3 Å². The minimum atomic E-state index is 0.287. The molecule has 3 heteroatoms. The summed E-state index contributed by atoms with van der Waals surface area (Å²) in [6, 6.07) is 1.04. The first-order valence-electron chi connectivity index (χ1n) is 5.31. The molecule has 1 rings (SSSR count). The summed E-state index contributed by atoms with van der Waals surface area (Å²) in [5.74, 6) is 2.30. The minimum absolute atomic E-state index is 0.287. The van der Waals surface area contributed by atoms with Crippen molar-refractivity contribution < 1.29 is 5.11 Å². The van der Waals surface area contributed by atoms with Gasteiger partial charge in [0.2, 0.25) is 0 Å². The third-order valence-corrected chi connectivity index (χ3v) is 3.45. The van der Waals surface area contributed by atoms with Crippen molar-refractivity contribution >= 4 is 11.8 Å². The van der Waals surface area contributed by atoms with E-state index in [-0.39, 0.29) is 6.61 Å². The lowest BCUT2D eigenvalue weighted by Gasteiger charge is -2.14. The number of unbranched alkanes of at least 4 members (excludes halogenated alkanes) is 1. The zero-order valence-corrected chi connectivity index (χ0v) is 9.28. The van der Waals surface area contributed by atoms with Crippen LogP contribution in [0.15, 0.2) is 0 Å². The maximum atomic E-state index is 9.08. The molecule has 0 aromatic carbocycles. The van der Waals surface area contributed by atoms with E-state index in [1.807, 2.05) is 11.8 Å². The van der Waals surface area contributed by atoms with Crippen LogP contribution in [0.2, 0.25) is 0 Å². The normalized spacial score (nSPS) is 18.9. The molecule has 0 radical (unpaired) electrons. The molecule has 0 bridgehead atoms. The van der Waals surface area contributed by atoms with E-state index in [4.69, 9.17) is 5.11 Å². The summed E-state index contributed by atoms with van der Waals surface area (Å²) in [5.41, 5.74) is 0. The summed E-state index contributed by atoms with van der Waals surface area (Å²) < 4.78 is 0. The summed E-state index contributed by atoms with van der Waals surface area (Å²) in [5, 5.41) is 12.5. The smallest absolute Gasteiger partial charge is 0.0592 e. The first kappa shape index (κ1) is 11.3. The summed E-state index contributed by atoms with van der Waals surface area (Å²) in [6.07, 6.45) is 5.17. The molecule has 1 saturated carbocycles. The van der Waals surface area contributed by atoms with Crippen LogP contribution >= 0.6 is 11.8 Å². The molecular formula is C10H21NOS. The number of hydrogen-bond donors (Lipinski definition) is 2. The van der Waals surface area contributed by atoms with Crippen molar-refractivity contribution in [1.82, 2.24) is 5.32 Å². The molecule has 2 nitrogen and oxygen atoms in total. The maximum Gasteiger partial charge on any atom is 0.0592 e. The van der Waals surface area contributed by atoms with Crippen molar-refractivity contribution in [2.24, 2.45) is 0 Å². The molecule has 0 amide bonds. The second-order valence-corrected chi connectivity index (χ2v) is 4.90. The van der Waals surface area contributed by atoms with Crippen LogP contribution in [-0.2, 0) is 0 Å². The Bertz CT molecular complexity index is 128. The highest BCUT2D eigenvalue weighted by atomic mass is 32.2. The van der Waals surface area contributed by atoms with Crippen molar-refractivity contribution in [2.75, 3.05) is 18.1 Å². The molecule has 2 N–H and O–H groups in total. The van der Waals surface area contributed by atoms with Gasteiger partial charge in [-0.15, -0.1) is 0 Å². The number of nitrogens with one attached hydrogen (secondary N) is 1. The number of aliphatic hydroxyl groups is 1. The van der Waals surface area contributed by atoms with Gasteiger partial charge in [-0.1, -0.05) is 13.3 Å². The Hall–Kier alpha value is 0.270. The van der Waals surface area contributed by atoms with E-state index in [0.29, 0.717) is 12.1 Å². The SMILES string of the molecule is CCCCSCC(CO)NC1CC1. The third-order valence-electron chi connectivity index (χ3n) is 2.23. The number of hydrogen-bond acceptors (Lipinski definition) is 3. The largest absolute Gasteiger partial charge is 0.395 e. The molecular weight excluding hydrogens is 182 g/mol. The van der Waals surface area contributed by atoms with Gasteiger partial charge in [-0.25, -0.2) is 0 Å². The van der Waals surface area contributed by atoms with Gasteiger partial charge in [-0.3, -0.25) is 0 Å². The Morgan fingerprint density at radius 1 is 1.54 bits per heavy atom.